The van der Waals surface area contributed by atoms with Crippen LogP contribution in [0.1, 0.15) is 0 Å². The predicted octanol–water partition coefficient (Wildman–Crippen LogP) is -5.58. The van der Waals surface area contributed by atoms with Crippen molar-refractivity contribution in [3.8, 4) is 0 Å². The zero-order valence-electron chi connectivity index (χ0n) is 13.9. The van der Waals surface area contributed by atoms with Gasteiger partial charge in [-0.1, -0.05) is 0 Å². The van der Waals surface area contributed by atoms with Gasteiger partial charge in [0.25, 0.3) is 0 Å². The molecule has 2 heterocycles. The van der Waals surface area contributed by atoms with Crippen molar-refractivity contribution >= 4 is 0 Å². The summed E-state index contributed by atoms with van der Waals surface area (Å²) in [5, 5.41) is 83.9. The van der Waals surface area contributed by atoms with Gasteiger partial charge in [0.15, 0.2) is 12.6 Å². The first-order valence-electron chi connectivity index (χ1n) is 7.90. The van der Waals surface area contributed by atoms with E-state index in [-0.39, 0.29) is 6.61 Å². The maximum Gasteiger partial charge on any atom is 0.187 e. The highest BCUT2D eigenvalue weighted by Gasteiger charge is 2.50. The molecule has 2 aliphatic rings. The lowest BCUT2D eigenvalue weighted by Gasteiger charge is -2.45. The van der Waals surface area contributed by atoms with Crippen molar-refractivity contribution in [3.05, 3.63) is 6.92 Å². The van der Waals surface area contributed by atoms with Gasteiger partial charge in [0, 0.05) is 6.61 Å². The van der Waals surface area contributed by atoms with Gasteiger partial charge in [-0.15, -0.1) is 0 Å². The maximum atomic E-state index is 9.94. The third-order valence-electron chi connectivity index (χ3n) is 3.98. The molecule has 9 N–H and O–H groups in total. The predicted molar refractivity (Wildman–Crippen MR) is 81.1 cm³/mol. The minimum absolute atomic E-state index is 0. The highest BCUT2D eigenvalue weighted by atomic mass is 16.7. The van der Waals surface area contributed by atoms with Gasteiger partial charge in [0.1, 0.15) is 48.8 Å². The first-order chi connectivity index (χ1) is 12.2. The van der Waals surface area contributed by atoms with Crippen LogP contribution in [0.4, 0.5) is 0 Å². The fourth-order valence-electron chi connectivity index (χ4n) is 2.57. The molecule has 2 fully saturated rings. The summed E-state index contributed by atoms with van der Waals surface area (Å²) in [6, 6.07) is 0. The zero-order chi connectivity index (χ0) is 20.0. The number of rotatable bonds is 4. The summed E-state index contributed by atoms with van der Waals surface area (Å²) < 4.78 is 15.3. The van der Waals surface area contributed by atoms with E-state index in [4.69, 9.17) is 24.4 Å². The Bertz CT molecular complexity index is 394. The molecule has 12 nitrogen and oxygen atoms in total. The van der Waals surface area contributed by atoms with Crippen molar-refractivity contribution in [2.75, 3.05) is 19.8 Å². The Morgan fingerprint density at radius 3 is 1.73 bits per heavy atom. The molecule has 2 rings (SSSR count). The average molecular weight is 387 g/mol. The molecule has 2 saturated heterocycles. The van der Waals surface area contributed by atoms with Gasteiger partial charge in [-0.05, 0) is 6.92 Å². The van der Waals surface area contributed by atoms with E-state index in [1.165, 1.54) is 0 Å². The summed E-state index contributed by atoms with van der Waals surface area (Å²) in [6.07, 6.45) is -15.6. The third-order valence-corrected chi connectivity index (χ3v) is 3.98. The summed E-state index contributed by atoms with van der Waals surface area (Å²) in [5.74, 6) is 0. The van der Waals surface area contributed by atoms with Crippen LogP contribution in [0.15, 0.2) is 0 Å². The molecule has 0 aromatic rings. The van der Waals surface area contributed by atoms with Crippen LogP contribution >= 0.6 is 0 Å². The van der Waals surface area contributed by atoms with Gasteiger partial charge >= 0.3 is 0 Å². The van der Waals surface area contributed by atoms with E-state index >= 15 is 0 Å². The van der Waals surface area contributed by atoms with Crippen molar-refractivity contribution in [1.29, 1.82) is 0 Å². The minimum atomic E-state index is -1.74. The van der Waals surface area contributed by atoms with Crippen LogP contribution in [0.25, 0.3) is 0 Å². The monoisotopic (exact) mass is 387 g/mol. The minimum Gasteiger partial charge on any atom is -0.396 e. The quantitative estimate of drug-likeness (QED) is 0.221. The number of ether oxygens (including phenoxy) is 3. The molecule has 0 bridgehead atoms. The SMILES string of the molecule is OCC1OC(OC2C(CO)OC(O)C(O)C2O)C(O)C(O)C1O.[CH2]CO. The number of hydrogen-bond donors (Lipinski definition) is 9. The van der Waals surface area contributed by atoms with Crippen molar-refractivity contribution in [2.45, 2.75) is 61.4 Å². The van der Waals surface area contributed by atoms with Crippen LogP contribution in [0.5, 0.6) is 0 Å². The lowest BCUT2D eigenvalue weighted by molar-refractivity contribution is -0.355. The highest BCUT2D eigenvalue weighted by molar-refractivity contribution is 4.93. The van der Waals surface area contributed by atoms with Gasteiger partial charge in [0.05, 0.1) is 13.2 Å². The van der Waals surface area contributed by atoms with Gasteiger partial charge in [0.2, 0.25) is 0 Å². The molecule has 0 spiro atoms. The fraction of sp³-hybridized carbons (Fsp3) is 0.929. The molecule has 0 saturated carbocycles. The summed E-state index contributed by atoms with van der Waals surface area (Å²) in [5.41, 5.74) is 0. The van der Waals surface area contributed by atoms with E-state index in [0.29, 0.717) is 0 Å². The molecule has 0 aromatic carbocycles. The molecule has 2 aliphatic heterocycles. The zero-order valence-corrected chi connectivity index (χ0v) is 13.9. The van der Waals surface area contributed by atoms with Crippen LogP contribution in [0.2, 0.25) is 0 Å². The van der Waals surface area contributed by atoms with E-state index in [1.54, 1.807) is 0 Å². The van der Waals surface area contributed by atoms with Crippen LogP contribution in [0.3, 0.4) is 0 Å². The lowest BCUT2D eigenvalue weighted by Crippen LogP contribution is -2.64. The summed E-state index contributed by atoms with van der Waals surface area (Å²) in [6.45, 7) is 1.70. The normalized spacial score (nSPS) is 46.4. The molecule has 12 heteroatoms. The molecule has 0 aliphatic carbocycles. The first kappa shape index (κ1) is 23.6. The van der Waals surface area contributed by atoms with Crippen molar-refractivity contribution in [3.63, 3.8) is 0 Å². The third kappa shape index (κ3) is 5.28. The highest BCUT2D eigenvalue weighted by Crippen LogP contribution is 2.28. The second kappa shape index (κ2) is 10.8. The van der Waals surface area contributed by atoms with E-state index in [9.17, 15) is 35.7 Å². The van der Waals surface area contributed by atoms with Gasteiger partial charge < -0.3 is 60.2 Å². The van der Waals surface area contributed by atoms with Crippen molar-refractivity contribution in [1.82, 2.24) is 0 Å². The van der Waals surface area contributed by atoms with Crippen molar-refractivity contribution < 1.29 is 60.2 Å². The van der Waals surface area contributed by atoms with Crippen LogP contribution in [-0.4, -0.2) is 127 Å². The summed E-state index contributed by atoms with van der Waals surface area (Å²) >= 11 is 0. The maximum absolute atomic E-state index is 9.94. The molecule has 1 radical (unpaired) electrons. The Balaban J connectivity index is 0.00000105. The topological polar surface area (TPSA) is 210 Å². The van der Waals surface area contributed by atoms with E-state index in [2.05, 4.69) is 6.92 Å². The summed E-state index contributed by atoms with van der Waals surface area (Å²) in [7, 11) is 0. The standard InChI is InChI=1S/C12H22O11.C2H5O/c13-1-3-5(15)6(16)9(19)12(22-3)23-10-4(2-14)21-11(20)8(18)7(10)17;1-2-3/h3-20H,1-2H2;3H,1-2H2. The summed E-state index contributed by atoms with van der Waals surface area (Å²) in [4.78, 5) is 0. The van der Waals surface area contributed by atoms with Gasteiger partial charge in [-0.25, -0.2) is 0 Å². The Morgan fingerprint density at radius 1 is 0.692 bits per heavy atom. The fourth-order valence-corrected chi connectivity index (χ4v) is 2.57. The lowest BCUT2D eigenvalue weighted by atomic mass is 9.97. The molecule has 10 atom stereocenters. The van der Waals surface area contributed by atoms with E-state index in [0.717, 1.165) is 0 Å². The Kier molecular flexibility index (Phi) is 9.74. The first-order valence-corrected chi connectivity index (χ1v) is 7.90. The molecule has 0 aromatic heterocycles. The molecular weight excluding hydrogens is 360 g/mol. The molecule has 155 valence electrons. The number of aliphatic hydroxyl groups is 9. The van der Waals surface area contributed by atoms with Gasteiger partial charge in [-0.3, -0.25) is 0 Å². The molecule has 0 amide bonds. The van der Waals surface area contributed by atoms with Crippen molar-refractivity contribution in [2.24, 2.45) is 0 Å². The second-order valence-electron chi connectivity index (χ2n) is 5.75. The number of hydrogen-bond acceptors (Lipinski definition) is 12. The average Bonchev–Trinajstić information content (AvgIpc) is 2.62. The van der Waals surface area contributed by atoms with E-state index in [1.807, 2.05) is 0 Å². The van der Waals surface area contributed by atoms with Crippen LogP contribution in [0, 0.1) is 6.92 Å². The molecule has 10 unspecified atom stereocenters. The second-order valence-corrected chi connectivity index (χ2v) is 5.75. The Hall–Kier alpha value is -0.480. The largest absolute Gasteiger partial charge is 0.396 e. The van der Waals surface area contributed by atoms with Crippen LogP contribution in [-0.2, 0) is 14.2 Å². The Morgan fingerprint density at radius 2 is 1.23 bits per heavy atom. The van der Waals surface area contributed by atoms with E-state index < -0.39 is 74.6 Å². The van der Waals surface area contributed by atoms with Crippen LogP contribution < -0.4 is 0 Å². The van der Waals surface area contributed by atoms with Gasteiger partial charge in [-0.2, -0.15) is 0 Å². The molecular formula is C14H27O12. The smallest absolute Gasteiger partial charge is 0.187 e. The Labute approximate surface area is 149 Å². The number of aliphatic hydroxyl groups excluding tert-OH is 9. The molecule has 26 heavy (non-hydrogen) atoms.